The summed E-state index contributed by atoms with van der Waals surface area (Å²) in [6.07, 6.45) is 25.3. The molecule has 0 spiro atoms. The largest absolute Gasteiger partial charge is 0.478 e. The zero-order valence-corrected chi connectivity index (χ0v) is 15.7. The van der Waals surface area contributed by atoms with Gasteiger partial charge in [-0.3, -0.25) is 0 Å². The van der Waals surface area contributed by atoms with Crippen LogP contribution in [-0.4, -0.2) is 11.1 Å². The van der Waals surface area contributed by atoms with E-state index in [1.165, 1.54) is 89.9 Å². The molecule has 0 fully saturated rings. The van der Waals surface area contributed by atoms with E-state index < -0.39 is 5.97 Å². The van der Waals surface area contributed by atoms with Gasteiger partial charge in [-0.1, -0.05) is 96.8 Å². The quantitative estimate of drug-likeness (QED) is 0.195. The molecule has 0 aliphatic rings. The van der Waals surface area contributed by atoms with E-state index in [9.17, 15) is 4.79 Å². The lowest BCUT2D eigenvalue weighted by Gasteiger charge is -1.98. The summed E-state index contributed by atoms with van der Waals surface area (Å²) >= 11 is 0. The molecule has 0 radical (unpaired) electrons. The van der Waals surface area contributed by atoms with Crippen LogP contribution in [0.4, 0.5) is 0 Å². The molecule has 23 heavy (non-hydrogen) atoms. The summed E-state index contributed by atoms with van der Waals surface area (Å²) < 4.78 is 0. The maximum atomic E-state index is 9.25. The Morgan fingerprint density at radius 1 is 0.739 bits per heavy atom. The standard InChI is InChI=1S/C18H36.C3H4O2/c1-3-5-7-9-11-13-15-17-18-16-14-12-10-8-6-4-2;1-2-3(4)5/h17-18H,3-16H2,1-2H3;2H,1H2,(H,4,5). The molecule has 0 atom stereocenters. The topological polar surface area (TPSA) is 37.3 Å². The van der Waals surface area contributed by atoms with Crippen LogP contribution in [0.5, 0.6) is 0 Å². The van der Waals surface area contributed by atoms with Gasteiger partial charge in [-0.15, -0.1) is 0 Å². The van der Waals surface area contributed by atoms with E-state index in [4.69, 9.17) is 5.11 Å². The van der Waals surface area contributed by atoms with Crippen molar-refractivity contribution in [1.82, 2.24) is 0 Å². The zero-order valence-electron chi connectivity index (χ0n) is 15.7. The lowest BCUT2D eigenvalue weighted by molar-refractivity contribution is -0.131. The number of unbranched alkanes of at least 4 members (excludes halogenated alkanes) is 12. The van der Waals surface area contributed by atoms with E-state index >= 15 is 0 Å². The van der Waals surface area contributed by atoms with E-state index in [2.05, 4.69) is 32.6 Å². The second-order valence-corrected chi connectivity index (χ2v) is 6.13. The first-order valence-corrected chi connectivity index (χ1v) is 9.69. The van der Waals surface area contributed by atoms with E-state index in [0.29, 0.717) is 0 Å². The molecule has 0 aromatic carbocycles. The van der Waals surface area contributed by atoms with Crippen LogP contribution in [0, 0.1) is 0 Å². The Bertz CT molecular complexity index is 251. The Balaban J connectivity index is 0. The number of allylic oxidation sites excluding steroid dienone is 2. The monoisotopic (exact) mass is 324 g/mol. The Morgan fingerprint density at radius 3 is 1.35 bits per heavy atom. The average Bonchev–Trinajstić information content (AvgIpc) is 2.55. The first kappa shape index (κ1) is 24.2. The minimum Gasteiger partial charge on any atom is -0.478 e. The van der Waals surface area contributed by atoms with Crippen LogP contribution in [0.3, 0.4) is 0 Å². The summed E-state index contributed by atoms with van der Waals surface area (Å²) in [7, 11) is 0. The predicted octanol–water partition coefficient (Wildman–Crippen LogP) is 7.30. The van der Waals surface area contributed by atoms with Crippen LogP contribution in [0.1, 0.15) is 104 Å². The molecule has 2 nitrogen and oxygen atoms in total. The third-order valence-corrected chi connectivity index (χ3v) is 3.79. The fourth-order valence-electron chi connectivity index (χ4n) is 2.32. The zero-order chi connectivity index (χ0) is 17.6. The van der Waals surface area contributed by atoms with Crippen molar-refractivity contribution in [3.8, 4) is 0 Å². The summed E-state index contributed by atoms with van der Waals surface area (Å²) in [4.78, 5) is 9.25. The smallest absolute Gasteiger partial charge is 0.327 e. The van der Waals surface area contributed by atoms with Gasteiger partial charge in [0.15, 0.2) is 0 Å². The van der Waals surface area contributed by atoms with Crippen molar-refractivity contribution >= 4 is 5.97 Å². The van der Waals surface area contributed by atoms with Gasteiger partial charge < -0.3 is 5.11 Å². The molecule has 0 aliphatic heterocycles. The summed E-state index contributed by atoms with van der Waals surface area (Å²) in [5.74, 6) is -0.981. The molecule has 0 amide bonds. The Morgan fingerprint density at radius 2 is 1.04 bits per heavy atom. The van der Waals surface area contributed by atoms with E-state index in [1.54, 1.807) is 0 Å². The molecule has 1 N–H and O–H groups in total. The van der Waals surface area contributed by atoms with Crippen LogP contribution in [0.15, 0.2) is 24.8 Å². The van der Waals surface area contributed by atoms with Crippen molar-refractivity contribution in [2.45, 2.75) is 104 Å². The van der Waals surface area contributed by atoms with Gasteiger partial charge >= 0.3 is 5.97 Å². The number of carboxylic acids is 1. The van der Waals surface area contributed by atoms with Crippen LogP contribution >= 0.6 is 0 Å². The maximum absolute atomic E-state index is 9.25. The van der Waals surface area contributed by atoms with Crippen molar-refractivity contribution < 1.29 is 9.90 Å². The van der Waals surface area contributed by atoms with Crippen molar-refractivity contribution in [3.63, 3.8) is 0 Å². The van der Waals surface area contributed by atoms with E-state index in [0.717, 1.165) is 6.08 Å². The summed E-state index contributed by atoms with van der Waals surface area (Å²) in [6.45, 7) is 7.53. The lowest BCUT2D eigenvalue weighted by atomic mass is 10.1. The van der Waals surface area contributed by atoms with Crippen molar-refractivity contribution in [3.05, 3.63) is 24.8 Å². The molecule has 0 saturated heterocycles. The normalized spacial score (nSPS) is 10.3. The number of hydrogen-bond donors (Lipinski definition) is 1. The fourth-order valence-corrected chi connectivity index (χ4v) is 2.32. The average molecular weight is 325 g/mol. The van der Waals surface area contributed by atoms with Gasteiger partial charge in [0.2, 0.25) is 0 Å². The molecule has 0 aliphatic carbocycles. The highest BCUT2D eigenvalue weighted by Crippen LogP contribution is 2.09. The number of carboxylic acid groups (broad SMARTS) is 1. The van der Waals surface area contributed by atoms with Gasteiger partial charge in [-0.2, -0.15) is 0 Å². The molecule has 0 rings (SSSR count). The van der Waals surface area contributed by atoms with Gasteiger partial charge in [-0.05, 0) is 25.7 Å². The highest BCUT2D eigenvalue weighted by molar-refractivity contribution is 5.78. The maximum Gasteiger partial charge on any atom is 0.327 e. The molecule has 2 heteroatoms. The second-order valence-electron chi connectivity index (χ2n) is 6.13. The van der Waals surface area contributed by atoms with Crippen LogP contribution in [0.2, 0.25) is 0 Å². The minimum atomic E-state index is -0.981. The van der Waals surface area contributed by atoms with Gasteiger partial charge in [0, 0.05) is 6.08 Å². The third-order valence-electron chi connectivity index (χ3n) is 3.79. The molecule has 136 valence electrons. The summed E-state index contributed by atoms with van der Waals surface area (Å²) in [5, 5.41) is 7.60. The van der Waals surface area contributed by atoms with Gasteiger partial charge in [0.1, 0.15) is 0 Å². The third kappa shape index (κ3) is 29.6. The summed E-state index contributed by atoms with van der Waals surface area (Å²) in [6, 6.07) is 0. The van der Waals surface area contributed by atoms with Gasteiger partial charge in [-0.25, -0.2) is 4.79 Å². The van der Waals surface area contributed by atoms with Crippen LogP contribution < -0.4 is 0 Å². The van der Waals surface area contributed by atoms with Gasteiger partial charge in [0.25, 0.3) is 0 Å². The Kier molecular flexibility index (Phi) is 24.4. The highest BCUT2D eigenvalue weighted by atomic mass is 16.4. The van der Waals surface area contributed by atoms with E-state index in [-0.39, 0.29) is 0 Å². The molecular formula is C21H40O2. The number of rotatable bonds is 15. The minimum absolute atomic E-state index is 0.833. The number of carbonyl (C=O) groups is 1. The summed E-state index contributed by atoms with van der Waals surface area (Å²) in [5.41, 5.74) is 0. The number of hydrogen-bond acceptors (Lipinski definition) is 1. The number of aliphatic carboxylic acids is 1. The van der Waals surface area contributed by atoms with Crippen LogP contribution in [-0.2, 0) is 4.79 Å². The molecule has 0 aromatic rings. The van der Waals surface area contributed by atoms with Gasteiger partial charge in [0.05, 0.1) is 0 Å². The van der Waals surface area contributed by atoms with Crippen LogP contribution in [0.25, 0.3) is 0 Å². The molecule has 0 aromatic heterocycles. The fraction of sp³-hybridized carbons (Fsp3) is 0.762. The first-order valence-electron chi connectivity index (χ1n) is 9.69. The predicted molar refractivity (Wildman–Crippen MR) is 103 cm³/mol. The molecule has 0 unspecified atom stereocenters. The van der Waals surface area contributed by atoms with Crippen molar-refractivity contribution in [1.29, 1.82) is 0 Å². The second kappa shape index (κ2) is 23.2. The van der Waals surface area contributed by atoms with Crippen molar-refractivity contribution in [2.75, 3.05) is 0 Å². The SMILES string of the molecule is C=CC(=O)O.CCCCCCCCC=CCCCCCCCC. The molecule has 0 bridgehead atoms. The molecular weight excluding hydrogens is 284 g/mol. The Labute approximate surface area is 145 Å². The molecule has 0 heterocycles. The first-order chi connectivity index (χ1) is 11.2. The van der Waals surface area contributed by atoms with E-state index in [1.807, 2.05) is 0 Å². The molecule has 0 saturated carbocycles. The van der Waals surface area contributed by atoms with Crippen molar-refractivity contribution in [2.24, 2.45) is 0 Å². The Hall–Kier alpha value is -1.05. The lowest BCUT2D eigenvalue weighted by Crippen LogP contribution is -1.82. The highest BCUT2D eigenvalue weighted by Gasteiger charge is 1.89.